The maximum atomic E-state index is 9.42. The fourth-order valence-electron chi connectivity index (χ4n) is 3.18. The number of hydrogen-bond acceptors (Lipinski definition) is 4. The van der Waals surface area contributed by atoms with Crippen LogP contribution in [0.3, 0.4) is 0 Å². The van der Waals surface area contributed by atoms with Crippen molar-refractivity contribution in [2.75, 3.05) is 13.2 Å². The summed E-state index contributed by atoms with van der Waals surface area (Å²) in [6.07, 6.45) is 0. The lowest BCUT2D eigenvalue weighted by molar-refractivity contribution is 0.103. The molecule has 0 saturated carbocycles. The van der Waals surface area contributed by atoms with E-state index in [4.69, 9.17) is 4.42 Å². The van der Waals surface area contributed by atoms with E-state index in [1.54, 1.807) is 6.92 Å². The Labute approximate surface area is 145 Å². The first kappa shape index (κ1) is 16.1. The lowest BCUT2D eigenvalue weighted by Gasteiger charge is -2.26. The molecule has 25 heavy (non-hydrogen) atoms. The molecule has 0 radical (unpaired) electrons. The summed E-state index contributed by atoms with van der Waals surface area (Å²) in [5.41, 5.74) is 2.13. The molecule has 0 atom stereocenters. The first-order valence-corrected chi connectivity index (χ1v) is 8.43. The van der Waals surface area contributed by atoms with Gasteiger partial charge in [-0.1, -0.05) is 36.4 Å². The Hall–Kier alpha value is -2.40. The minimum Gasteiger partial charge on any atom is -0.456 e. The molecular weight excluding hydrogens is 314 g/mol. The molecule has 0 aliphatic heterocycles. The quantitative estimate of drug-likeness (QED) is 0.522. The zero-order valence-electron chi connectivity index (χ0n) is 14.1. The number of furan rings is 1. The van der Waals surface area contributed by atoms with E-state index in [1.165, 1.54) is 10.8 Å². The topological polar surface area (TPSA) is 65.6 Å². The first-order valence-electron chi connectivity index (χ1n) is 8.43. The highest BCUT2D eigenvalue weighted by molar-refractivity contribution is 6.18. The lowest BCUT2D eigenvalue weighted by atomic mass is 10.0. The van der Waals surface area contributed by atoms with Gasteiger partial charge < -0.3 is 19.9 Å². The first-order chi connectivity index (χ1) is 12.1. The van der Waals surface area contributed by atoms with Crippen molar-refractivity contribution >= 4 is 32.7 Å². The molecule has 0 bridgehead atoms. The minimum absolute atomic E-state index is 0.120. The van der Waals surface area contributed by atoms with Crippen LogP contribution >= 0.6 is 0 Å². The van der Waals surface area contributed by atoms with Crippen molar-refractivity contribution in [1.82, 2.24) is 5.32 Å². The molecule has 4 nitrogen and oxygen atoms in total. The molecule has 4 heteroatoms. The van der Waals surface area contributed by atoms with Crippen molar-refractivity contribution < 1.29 is 14.6 Å². The van der Waals surface area contributed by atoms with Crippen molar-refractivity contribution in [1.29, 1.82) is 0 Å². The van der Waals surface area contributed by atoms with Crippen molar-refractivity contribution in [3.8, 4) is 0 Å². The highest BCUT2D eigenvalue weighted by atomic mass is 16.3. The fourth-order valence-corrected chi connectivity index (χ4v) is 3.18. The van der Waals surface area contributed by atoms with Crippen molar-refractivity contribution in [3.05, 3.63) is 60.2 Å². The van der Waals surface area contributed by atoms with Crippen molar-refractivity contribution in [2.24, 2.45) is 0 Å². The van der Waals surface area contributed by atoms with Gasteiger partial charge in [-0.2, -0.15) is 0 Å². The van der Waals surface area contributed by atoms with Crippen LogP contribution in [0.25, 0.3) is 32.7 Å². The second-order valence-electron chi connectivity index (χ2n) is 6.82. The number of benzene rings is 3. The van der Waals surface area contributed by atoms with Gasteiger partial charge in [-0.15, -0.1) is 0 Å². The van der Waals surface area contributed by atoms with Gasteiger partial charge in [0.1, 0.15) is 11.2 Å². The Kier molecular flexibility index (Phi) is 3.96. The number of aliphatic hydroxyl groups is 2. The summed E-state index contributed by atoms with van der Waals surface area (Å²) >= 11 is 0. The van der Waals surface area contributed by atoms with Crippen LogP contribution in [0.1, 0.15) is 12.5 Å². The van der Waals surface area contributed by atoms with Crippen molar-refractivity contribution in [2.45, 2.75) is 19.0 Å². The third-order valence-electron chi connectivity index (χ3n) is 4.84. The summed E-state index contributed by atoms with van der Waals surface area (Å²) in [5, 5.41) is 26.7. The zero-order valence-corrected chi connectivity index (χ0v) is 14.1. The maximum absolute atomic E-state index is 9.42. The van der Waals surface area contributed by atoms with Crippen LogP contribution in [-0.2, 0) is 6.54 Å². The molecule has 0 aliphatic rings. The molecule has 3 aromatic carbocycles. The van der Waals surface area contributed by atoms with E-state index in [0.29, 0.717) is 6.54 Å². The van der Waals surface area contributed by atoms with Crippen LogP contribution in [0.15, 0.2) is 59.0 Å². The van der Waals surface area contributed by atoms with E-state index >= 15 is 0 Å². The normalized spacial score (nSPS) is 12.4. The van der Waals surface area contributed by atoms with E-state index in [0.717, 1.165) is 27.5 Å². The average Bonchev–Trinajstić information content (AvgIpc) is 3.04. The molecule has 3 N–H and O–H groups in total. The summed E-state index contributed by atoms with van der Waals surface area (Å²) < 4.78 is 6.00. The highest BCUT2D eigenvalue weighted by Gasteiger charge is 2.21. The van der Waals surface area contributed by atoms with E-state index in [-0.39, 0.29) is 13.2 Å². The largest absolute Gasteiger partial charge is 0.456 e. The van der Waals surface area contributed by atoms with E-state index in [2.05, 4.69) is 29.6 Å². The molecular formula is C21H21NO3. The second kappa shape index (κ2) is 6.15. The molecule has 4 aromatic rings. The SMILES string of the molecule is CC(CO)(CO)NCc1ccc2oc3ccc4ccccc4c3c2c1. The van der Waals surface area contributed by atoms with Gasteiger partial charge in [-0.3, -0.25) is 0 Å². The summed E-state index contributed by atoms with van der Waals surface area (Å²) in [4.78, 5) is 0. The molecule has 0 unspecified atom stereocenters. The van der Waals surface area contributed by atoms with Crippen LogP contribution in [-0.4, -0.2) is 29.0 Å². The van der Waals surface area contributed by atoms with Crippen LogP contribution in [0.5, 0.6) is 0 Å². The van der Waals surface area contributed by atoms with Gasteiger partial charge in [0.05, 0.1) is 18.8 Å². The molecule has 4 rings (SSSR count). The lowest BCUT2D eigenvalue weighted by Crippen LogP contribution is -2.48. The third-order valence-corrected chi connectivity index (χ3v) is 4.84. The molecule has 1 heterocycles. The molecule has 0 saturated heterocycles. The average molecular weight is 335 g/mol. The molecule has 0 fully saturated rings. The molecule has 1 aromatic heterocycles. The maximum Gasteiger partial charge on any atom is 0.136 e. The summed E-state index contributed by atoms with van der Waals surface area (Å²) in [5.74, 6) is 0. The third kappa shape index (κ3) is 2.78. The molecule has 0 amide bonds. The Bertz CT molecular complexity index is 1050. The van der Waals surface area contributed by atoms with Gasteiger partial charge in [0.15, 0.2) is 0 Å². The summed E-state index contributed by atoms with van der Waals surface area (Å²) in [7, 11) is 0. The predicted molar refractivity (Wildman–Crippen MR) is 101 cm³/mol. The van der Waals surface area contributed by atoms with Crippen LogP contribution < -0.4 is 5.32 Å². The Morgan fingerprint density at radius 3 is 2.48 bits per heavy atom. The number of rotatable bonds is 5. The Morgan fingerprint density at radius 1 is 0.920 bits per heavy atom. The number of fused-ring (bicyclic) bond motifs is 5. The smallest absolute Gasteiger partial charge is 0.136 e. The van der Waals surface area contributed by atoms with Gasteiger partial charge in [0, 0.05) is 17.3 Å². The van der Waals surface area contributed by atoms with Crippen LogP contribution in [0.4, 0.5) is 0 Å². The number of nitrogens with one attached hydrogen (secondary N) is 1. The fraction of sp³-hybridized carbons (Fsp3) is 0.238. The van der Waals surface area contributed by atoms with Gasteiger partial charge in [-0.05, 0) is 41.5 Å². The second-order valence-corrected chi connectivity index (χ2v) is 6.82. The molecule has 128 valence electrons. The van der Waals surface area contributed by atoms with Crippen molar-refractivity contribution in [3.63, 3.8) is 0 Å². The van der Waals surface area contributed by atoms with E-state index < -0.39 is 5.54 Å². The zero-order chi connectivity index (χ0) is 17.4. The molecule has 0 spiro atoms. The molecule has 0 aliphatic carbocycles. The summed E-state index contributed by atoms with van der Waals surface area (Å²) in [6.45, 7) is 2.12. The van der Waals surface area contributed by atoms with Crippen LogP contribution in [0.2, 0.25) is 0 Å². The number of aliphatic hydroxyl groups excluding tert-OH is 2. The van der Waals surface area contributed by atoms with Gasteiger partial charge in [0.25, 0.3) is 0 Å². The van der Waals surface area contributed by atoms with E-state index in [9.17, 15) is 10.2 Å². The monoisotopic (exact) mass is 335 g/mol. The van der Waals surface area contributed by atoms with Gasteiger partial charge in [-0.25, -0.2) is 0 Å². The van der Waals surface area contributed by atoms with E-state index in [1.807, 2.05) is 30.3 Å². The Morgan fingerprint density at radius 2 is 1.68 bits per heavy atom. The standard InChI is InChI=1S/C21H21NO3/c1-21(12-23,13-24)22-11-14-6-8-18-17(10-14)20-16-5-3-2-4-15(16)7-9-19(20)25-18/h2-10,22-24H,11-13H2,1H3. The number of hydrogen-bond donors (Lipinski definition) is 3. The highest BCUT2D eigenvalue weighted by Crippen LogP contribution is 2.34. The summed E-state index contributed by atoms with van der Waals surface area (Å²) in [6, 6.07) is 18.5. The Balaban J connectivity index is 1.81. The predicted octanol–water partition coefficient (Wildman–Crippen LogP) is 3.57. The minimum atomic E-state index is -0.694. The van der Waals surface area contributed by atoms with Gasteiger partial charge in [0.2, 0.25) is 0 Å². The van der Waals surface area contributed by atoms with Gasteiger partial charge >= 0.3 is 0 Å². The van der Waals surface area contributed by atoms with Crippen LogP contribution in [0, 0.1) is 0 Å².